The fourth-order valence-corrected chi connectivity index (χ4v) is 5.76. The maximum atomic E-state index is 14.3. The van der Waals surface area contributed by atoms with Crippen molar-refractivity contribution in [3.63, 3.8) is 0 Å². The van der Waals surface area contributed by atoms with Gasteiger partial charge in [0.25, 0.3) is 0 Å². The standard InChI is InChI=1S/C27H22ClF3N2OS/c1-34-25-14-16(5-11-22(25)28)21-3-2-4-24-26(21)33(20-9-6-18(29)7-10-20)27(32-24)35-15-17-13-19(30)8-12-23(17)31/h5-14,21H,2-4,15H2,1H3. The molecule has 0 saturated heterocycles. The number of thioether (sulfide) groups is 1. The number of imidazole rings is 1. The van der Waals surface area contributed by atoms with Crippen LogP contribution in [-0.4, -0.2) is 16.7 Å². The fraction of sp³-hybridized carbons (Fsp3) is 0.222. The van der Waals surface area contributed by atoms with E-state index in [1.54, 1.807) is 19.2 Å². The van der Waals surface area contributed by atoms with Crippen LogP contribution in [0.1, 0.15) is 41.3 Å². The quantitative estimate of drug-likeness (QED) is 0.246. The molecule has 0 N–H and O–H groups in total. The molecule has 1 aliphatic rings. The van der Waals surface area contributed by atoms with E-state index in [1.165, 1.54) is 30.0 Å². The maximum absolute atomic E-state index is 14.3. The molecular weight excluding hydrogens is 493 g/mol. The number of halogens is 4. The van der Waals surface area contributed by atoms with E-state index in [1.807, 2.05) is 22.8 Å². The van der Waals surface area contributed by atoms with E-state index in [4.69, 9.17) is 21.3 Å². The summed E-state index contributed by atoms with van der Waals surface area (Å²) in [5.74, 6) is -0.462. The summed E-state index contributed by atoms with van der Waals surface area (Å²) in [7, 11) is 1.58. The molecule has 0 bridgehead atoms. The number of aromatic nitrogens is 2. The van der Waals surface area contributed by atoms with Crippen molar-refractivity contribution in [2.45, 2.75) is 36.1 Å². The molecule has 3 nitrogen and oxygen atoms in total. The molecule has 1 aliphatic carbocycles. The molecule has 5 rings (SSSR count). The molecule has 3 aromatic carbocycles. The number of hydrogen-bond acceptors (Lipinski definition) is 3. The largest absolute Gasteiger partial charge is 0.495 e. The lowest BCUT2D eigenvalue weighted by atomic mass is 9.84. The number of ether oxygens (including phenoxy) is 1. The highest BCUT2D eigenvalue weighted by molar-refractivity contribution is 7.98. The van der Waals surface area contributed by atoms with Crippen LogP contribution in [0.25, 0.3) is 5.69 Å². The van der Waals surface area contributed by atoms with Crippen molar-refractivity contribution >= 4 is 23.4 Å². The highest BCUT2D eigenvalue weighted by atomic mass is 35.5. The van der Waals surface area contributed by atoms with Gasteiger partial charge in [-0.05, 0) is 79.4 Å². The Kier molecular flexibility index (Phi) is 6.80. The van der Waals surface area contributed by atoms with E-state index in [-0.39, 0.29) is 23.1 Å². The SMILES string of the molecule is COc1cc(C2CCCc3nc(SCc4cc(F)ccc4F)n(-c4ccc(F)cc4)c32)ccc1Cl. The number of methoxy groups -OCH3 is 1. The van der Waals surface area contributed by atoms with Crippen LogP contribution in [0.2, 0.25) is 5.02 Å². The van der Waals surface area contributed by atoms with Gasteiger partial charge in [-0.1, -0.05) is 29.4 Å². The Hall–Kier alpha value is -2.90. The Bertz CT molecular complexity index is 1370. The third kappa shape index (κ3) is 4.80. The predicted octanol–water partition coefficient (Wildman–Crippen LogP) is 7.71. The van der Waals surface area contributed by atoms with Gasteiger partial charge in [-0.25, -0.2) is 18.2 Å². The van der Waals surface area contributed by atoms with Gasteiger partial charge in [0.1, 0.15) is 23.2 Å². The van der Waals surface area contributed by atoms with Crippen molar-refractivity contribution in [2.24, 2.45) is 0 Å². The molecule has 8 heteroatoms. The Labute approximate surface area is 210 Å². The van der Waals surface area contributed by atoms with Crippen LogP contribution in [-0.2, 0) is 12.2 Å². The molecule has 0 saturated carbocycles. The van der Waals surface area contributed by atoms with Crippen molar-refractivity contribution in [1.29, 1.82) is 0 Å². The zero-order valence-corrected chi connectivity index (χ0v) is 20.5. The molecule has 4 aromatic rings. The van der Waals surface area contributed by atoms with Crippen molar-refractivity contribution in [3.05, 3.63) is 106 Å². The van der Waals surface area contributed by atoms with Crippen molar-refractivity contribution < 1.29 is 17.9 Å². The first-order valence-corrected chi connectivity index (χ1v) is 12.6. The zero-order chi connectivity index (χ0) is 24.5. The molecule has 1 atom stereocenters. The zero-order valence-electron chi connectivity index (χ0n) is 18.9. The van der Waals surface area contributed by atoms with Crippen LogP contribution in [0.3, 0.4) is 0 Å². The lowest BCUT2D eigenvalue weighted by Gasteiger charge is -2.25. The number of fused-ring (bicyclic) bond motifs is 1. The van der Waals surface area contributed by atoms with Gasteiger partial charge >= 0.3 is 0 Å². The molecule has 0 spiro atoms. The first-order valence-electron chi connectivity index (χ1n) is 11.2. The molecule has 0 radical (unpaired) electrons. The number of benzene rings is 3. The maximum Gasteiger partial charge on any atom is 0.173 e. The Morgan fingerprint density at radius 2 is 1.80 bits per heavy atom. The summed E-state index contributed by atoms with van der Waals surface area (Å²) in [6.45, 7) is 0. The summed E-state index contributed by atoms with van der Waals surface area (Å²) in [6.07, 6.45) is 2.64. The first kappa shape index (κ1) is 23.8. The van der Waals surface area contributed by atoms with Crippen LogP contribution in [0.5, 0.6) is 5.75 Å². The summed E-state index contributed by atoms with van der Waals surface area (Å²) in [5.41, 5.74) is 4.02. The van der Waals surface area contributed by atoms with Gasteiger partial charge in [-0.2, -0.15) is 0 Å². The fourth-order valence-electron chi connectivity index (χ4n) is 4.56. The van der Waals surface area contributed by atoms with Gasteiger partial charge in [0, 0.05) is 22.9 Å². The summed E-state index contributed by atoms with van der Waals surface area (Å²) >= 11 is 7.59. The highest BCUT2D eigenvalue weighted by Gasteiger charge is 2.30. The minimum Gasteiger partial charge on any atom is -0.495 e. The molecule has 35 heavy (non-hydrogen) atoms. The Balaban J connectivity index is 1.61. The Morgan fingerprint density at radius 1 is 1.03 bits per heavy atom. The summed E-state index contributed by atoms with van der Waals surface area (Å²) in [4.78, 5) is 4.91. The van der Waals surface area contributed by atoms with Crippen LogP contribution in [0.4, 0.5) is 13.2 Å². The van der Waals surface area contributed by atoms with Gasteiger partial charge in [-0.3, -0.25) is 4.57 Å². The molecule has 1 heterocycles. The third-order valence-electron chi connectivity index (χ3n) is 6.22. The molecule has 180 valence electrons. The van der Waals surface area contributed by atoms with Crippen LogP contribution in [0, 0.1) is 17.5 Å². The smallest absolute Gasteiger partial charge is 0.173 e. The second kappa shape index (κ2) is 9.99. The molecule has 0 amide bonds. The monoisotopic (exact) mass is 514 g/mol. The number of rotatable bonds is 6. The van der Waals surface area contributed by atoms with E-state index >= 15 is 0 Å². The van der Waals surface area contributed by atoms with Crippen molar-refractivity contribution in [2.75, 3.05) is 7.11 Å². The van der Waals surface area contributed by atoms with E-state index in [9.17, 15) is 13.2 Å². The van der Waals surface area contributed by atoms with E-state index in [0.717, 1.165) is 54.0 Å². The lowest BCUT2D eigenvalue weighted by Crippen LogP contribution is -2.15. The topological polar surface area (TPSA) is 27.1 Å². The van der Waals surface area contributed by atoms with Crippen molar-refractivity contribution in [1.82, 2.24) is 9.55 Å². The van der Waals surface area contributed by atoms with Crippen LogP contribution >= 0.6 is 23.4 Å². The van der Waals surface area contributed by atoms with Gasteiger partial charge < -0.3 is 4.74 Å². The average molecular weight is 515 g/mol. The summed E-state index contributed by atoms with van der Waals surface area (Å²) in [5, 5.41) is 1.19. The third-order valence-corrected chi connectivity index (χ3v) is 7.52. The minimum absolute atomic E-state index is 0.0164. The number of hydrogen-bond donors (Lipinski definition) is 0. The molecule has 0 aliphatic heterocycles. The van der Waals surface area contributed by atoms with Crippen molar-refractivity contribution in [3.8, 4) is 11.4 Å². The number of nitrogens with zero attached hydrogens (tertiary/aromatic N) is 2. The molecular formula is C27H22ClF3N2OS. The second-order valence-corrected chi connectivity index (χ2v) is 9.75. The second-order valence-electron chi connectivity index (χ2n) is 8.40. The van der Waals surface area contributed by atoms with E-state index in [0.29, 0.717) is 15.9 Å². The van der Waals surface area contributed by atoms with Gasteiger partial charge in [0.05, 0.1) is 23.5 Å². The molecule has 1 aromatic heterocycles. The van der Waals surface area contributed by atoms with Gasteiger partial charge in [0.2, 0.25) is 0 Å². The van der Waals surface area contributed by atoms with E-state index in [2.05, 4.69) is 0 Å². The van der Waals surface area contributed by atoms with Crippen LogP contribution in [0.15, 0.2) is 65.8 Å². The predicted molar refractivity (Wildman–Crippen MR) is 132 cm³/mol. The van der Waals surface area contributed by atoms with Crippen LogP contribution < -0.4 is 4.74 Å². The Morgan fingerprint density at radius 3 is 2.57 bits per heavy atom. The summed E-state index contributed by atoms with van der Waals surface area (Å²) < 4.78 is 49.2. The summed E-state index contributed by atoms with van der Waals surface area (Å²) in [6, 6.07) is 15.4. The molecule has 0 fully saturated rings. The van der Waals surface area contributed by atoms with Gasteiger partial charge in [-0.15, -0.1) is 0 Å². The average Bonchev–Trinajstić information content (AvgIpc) is 3.24. The minimum atomic E-state index is -0.486. The van der Waals surface area contributed by atoms with Gasteiger partial charge in [0.15, 0.2) is 5.16 Å². The highest BCUT2D eigenvalue weighted by Crippen LogP contribution is 2.42. The van der Waals surface area contributed by atoms with E-state index < -0.39 is 11.6 Å². The molecule has 1 unspecified atom stereocenters. The first-order chi connectivity index (χ1) is 16.9. The number of aryl methyl sites for hydroxylation is 1. The lowest BCUT2D eigenvalue weighted by molar-refractivity contribution is 0.414. The normalized spacial score (nSPS) is 15.2.